The van der Waals surface area contributed by atoms with E-state index in [1.54, 1.807) is 12.5 Å². The zero-order chi connectivity index (χ0) is 24.6. The van der Waals surface area contributed by atoms with Crippen LogP contribution in [0.15, 0.2) is 43.0 Å². The van der Waals surface area contributed by atoms with Crippen molar-refractivity contribution in [3.05, 3.63) is 43.0 Å². The third-order valence-electron chi connectivity index (χ3n) is 7.62. The molecule has 1 amide bonds. The first-order chi connectivity index (χ1) is 17.5. The highest BCUT2D eigenvalue weighted by atomic mass is 16.1. The van der Waals surface area contributed by atoms with Crippen molar-refractivity contribution in [1.82, 2.24) is 29.7 Å². The first kappa shape index (κ1) is 22.9. The summed E-state index contributed by atoms with van der Waals surface area (Å²) in [7, 11) is 4.26. The van der Waals surface area contributed by atoms with Crippen molar-refractivity contribution >= 4 is 39.3 Å². The minimum Gasteiger partial charge on any atom is -0.353 e. The summed E-state index contributed by atoms with van der Waals surface area (Å²) in [5, 5.41) is 5.14. The number of likely N-dealkylation sites (tertiary alicyclic amines) is 1. The quantitative estimate of drug-likeness (QED) is 0.459. The molecule has 2 fully saturated rings. The van der Waals surface area contributed by atoms with Crippen LogP contribution in [-0.2, 0) is 4.79 Å². The molecule has 0 bridgehead atoms. The number of carbonyl (C=O) groups is 1. The Balaban J connectivity index is 1.31. The smallest absolute Gasteiger partial charge is 0.227 e. The van der Waals surface area contributed by atoms with Crippen LogP contribution < -0.4 is 10.2 Å². The number of nitrogens with one attached hydrogen (secondary N) is 2. The van der Waals surface area contributed by atoms with Crippen molar-refractivity contribution in [3.8, 4) is 11.1 Å². The van der Waals surface area contributed by atoms with Crippen molar-refractivity contribution in [2.24, 2.45) is 5.92 Å². The fourth-order valence-electron chi connectivity index (χ4n) is 5.31. The highest BCUT2D eigenvalue weighted by Crippen LogP contribution is 2.33. The fourth-order valence-corrected chi connectivity index (χ4v) is 5.31. The number of aromatic nitrogens is 4. The summed E-state index contributed by atoms with van der Waals surface area (Å²) in [5.74, 6) is 1.12. The van der Waals surface area contributed by atoms with Crippen LogP contribution in [0.2, 0.25) is 0 Å². The summed E-state index contributed by atoms with van der Waals surface area (Å²) in [6.45, 7) is 5.85. The van der Waals surface area contributed by atoms with E-state index in [0.717, 1.165) is 96.7 Å². The van der Waals surface area contributed by atoms with Gasteiger partial charge in [-0.05, 0) is 63.8 Å². The molecule has 1 aromatic carbocycles. The number of likely N-dealkylation sites (N-methyl/N-ethyl adjacent to an activating group) is 1. The number of rotatable bonds is 4. The molecule has 0 spiro atoms. The van der Waals surface area contributed by atoms with Crippen LogP contribution in [0.4, 0.5) is 11.5 Å². The summed E-state index contributed by atoms with van der Waals surface area (Å²) < 4.78 is 0. The van der Waals surface area contributed by atoms with E-state index in [2.05, 4.69) is 72.2 Å². The van der Waals surface area contributed by atoms with E-state index in [-0.39, 0.29) is 11.8 Å². The summed E-state index contributed by atoms with van der Waals surface area (Å²) in [4.78, 5) is 36.9. The molecule has 4 aromatic rings. The number of piperazine rings is 1. The lowest BCUT2D eigenvalue weighted by molar-refractivity contribution is -0.121. The Kier molecular flexibility index (Phi) is 6.02. The predicted octanol–water partition coefficient (Wildman–Crippen LogP) is 3.21. The van der Waals surface area contributed by atoms with E-state index in [1.807, 2.05) is 12.3 Å². The Morgan fingerprint density at radius 1 is 0.944 bits per heavy atom. The molecule has 0 unspecified atom stereocenters. The van der Waals surface area contributed by atoms with Crippen LogP contribution in [0, 0.1) is 5.92 Å². The van der Waals surface area contributed by atoms with Crippen LogP contribution in [0.25, 0.3) is 33.1 Å². The standard InChI is InChI=1S/C27H32N8O/c1-33-7-5-18(6-8-33)27(36)32-20-14-21-23(16-29-25(21)28-15-20)19-3-4-24-22(13-19)26(31-17-30-24)35-11-9-34(2)10-12-35/h3-4,13-18H,5-12H2,1-2H3,(H,28,29)(H,32,36). The van der Waals surface area contributed by atoms with Crippen molar-refractivity contribution < 1.29 is 4.79 Å². The minimum absolute atomic E-state index is 0.0519. The number of hydrogen-bond donors (Lipinski definition) is 2. The Hall–Kier alpha value is -3.56. The van der Waals surface area contributed by atoms with Gasteiger partial charge in [0.25, 0.3) is 0 Å². The van der Waals surface area contributed by atoms with E-state index in [0.29, 0.717) is 0 Å². The van der Waals surface area contributed by atoms with Gasteiger partial charge in [0.15, 0.2) is 0 Å². The number of amides is 1. The van der Waals surface area contributed by atoms with E-state index < -0.39 is 0 Å². The third kappa shape index (κ3) is 4.40. The van der Waals surface area contributed by atoms with Gasteiger partial charge in [-0.25, -0.2) is 15.0 Å². The number of pyridine rings is 1. The second kappa shape index (κ2) is 9.48. The predicted molar refractivity (Wildman–Crippen MR) is 143 cm³/mol. The van der Waals surface area contributed by atoms with Gasteiger partial charge in [0.2, 0.25) is 5.91 Å². The average Bonchev–Trinajstić information content (AvgIpc) is 3.32. The van der Waals surface area contributed by atoms with E-state index in [9.17, 15) is 4.79 Å². The molecule has 0 radical (unpaired) electrons. The van der Waals surface area contributed by atoms with Gasteiger partial charge in [-0.1, -0.05) is 6.07 Å². The molecule has 3 aromatic heterocycles. The molecule has 186 valence electrons. The zero-order valence-corrected chi connectivity index (χ0v) is 20.9. The van der Waals surface area contributed by atoms with Gasteiger partial charge in [-0.2, -0.15) is 0 Å². The van der Waals surface area contributed by atoms with E-state index in [1.165, 1.54) is 0 Å². The van der Waals surface area contributed by atoms with Crippen LogP contribution in [0.3, 0.4) is 0 Å². The fraction of sp³-hybridized carbons (Fsp3) is 0.407. The number of anilines is 2. The van der Waals surface area contributed by atoms with E-state index >= 15 is 0 Å². The monoisotopic (exact) mass is 484 g/mol. The first-order valence-electron chi connectivity index (χ1n) is 12.7. The highest BCUT2D eigenvalue weighted by molar-refractivity contribution is 6.01. The van der Waals surface area contributed by atoms with Gasteiger partial charge >= 0.3 is 0 Å². The molecule has 0 aliphatic carbocycles. The van der Waals surface area contributed by atoms with Crippen molar-refractivity contribution in [2.75, 3.05) is 63.6 Å². The lowest BCUT2D eigenvalue weighted by Crippen LogP contribution is -2.44. The van der Waals surface area contributed by atoms with Crippen LogP contribution in [-0.4, -0.2) is 89.0 Å². The number of fused-ring (bicyclic) bond motifs is 2. The summed E-state index contributed by atoms with van der Waals surface area (Å²) in [6.07, 6.45) is 7.16. The third-order valence-corrected chi connectivity index (χ3v) is 7.62. The largest absolute Gasteiger partial charge is 0.353 e. The number of piperidine rings is 1. The second-order valence-corrected chi connectivity index (χ2v) is 10.1. The molecule has 2 aliphatic heterocycles. The maximum Gasteiger partial charge on any atom is 0.227 e. The van der Waals surface area contributed by atoms with Crippen LogP contribution in [0.5, 0.6) is 0 Å². The van der Waals surface area contributed by atoms with Crippen molar-refractivity contribution in [1.29, 1.82) is 0 Å². The number of H-pyrrole nitrogens is 1. The average molecular weight is 485 g/mol. The molecule has 5 heterocycles. The zero-order valence-electron chi connectivity index (χ0n) is 20.9. The maximum atomic E-state index is 12.9. The SMILES string of the molecule is CN1CCC(C(=O)Nc2cnc3[nH]cc(-c4ccc5ncnc(N6CCN(C)CC6)c5c4)c3c2)CC1. The van der Waals surface area contributed by atoms with Crippen LogP contribution >= 0.6 is 0 Å². The van der Waals surface area contributed by atoms with Gasteiger partial charge in [0.1, 0.15) is 17.8 Å². The number of nitrogens with zero attached hydrogens (tertiary/aromatic N) is 6. The number of hydrogen-bond acceptors (Lipinski definition) is 7. The lowest BCUT2D eigenvalue weighted by atomic mass is 9.96. The Morgan fingerprint density at radius 2 is 1.72 bits per heavy atom. The maximum absolute atomic E-state index is 12.9. The highest BCUT2D eigenvalue weighted by Gasteiger charge is 2.24. The Morgan fingerprint density at radius 3 is 2.53 bits per heavy atom. The van der Waals surface area contributed by atoms with Crippen molar-refractivity contribution in [3.63, 3.8) is 0 Å². The normalized spacial score (nSPS) is 18.2. The molecule has 9 heteroatoms. The molecule has 36 heavy (non-hydrogen) atoms. The molecule has 2 saturated heterocycles. The Labute approximate surface area is 210 Å². The lowest BCUT2D eigenvalue weighted by Gasteiger charge is -2.33. The molecule has 6 rings (SSSR count). The molecule has 2 N–H and O–H groups in total. The van der Waals surface area contributed by atoms with Gasteiger partial charge in [0, 0.05) is 54.6 Å². The molecule has 9 nitrogen and oxygen atoms in total. The second-order valence-electron chi connectivity index (χ2n) is 10.1. The molecular weight excluding hydrogens is 452 g/mol. The number of benzene rings is 1. The molecular formula is C27H32N8O. The summed E-state index contributed by atoms with van der Waals surface area (Å²) in [6, 6.07) is 8.35. The molecule has 0 atom stereocenters. The van der Waals surface area contributed by atoms with Gasteiger partial charge in [-0.15, -0.1) is 0 Å². The van der Waals surface area contributed by atoms with Gasteiger partial charge in [0.05, 0.1) is 17.4 Å². The van der Waals surface area contributed by atoms with Crippen LogP contribution in [0.1, 0.15) is 12.8 Å². The summed E-state index contributed by atoms with van der Waals surface area (Å²) >= 11 is 0. The topological polar surface area (TPSA) is 93.3 Å². The minimum atomic E-state index is 0.0519. The van der Waals surface area contributed by atoms with Crippen molar-refractivity contribution in [2.45, 2.75) is 12.8 Å². The van der Waals surface area contributed by atoms with Gasteiger partial charge < -0.3 is 25.0 Å². The van der Waals surface area contributed by atoms with E-state index in [4.69, 9.17) is 0 Å². The molecule has 0 saturated carbocycles. The first-order valence-corrected chi connectivity index (χ1v) is 12.7. The number of aromatic amines is 1. The Bertz CT molecular complexity index is 1400. The summed E-state index contributed by atoms with van der Waals surface area (Å²) in [5.41, 5.74) is 4.58. The van der Waals surface area contributed by atoms with Gasteiger partial charge in [-0.3, -0.25) is 4.79 Å². The molecule has 2 aliphatic rings. The number of carbonyl (C=O) groups excluding carboxylic acids is 1.